The second kappa shape index (κ2) is 7.95. The van der Waals surface area contributed by atoms with Gasteiger partial charge in [-0.05, 0) is 37.5 Å². The van der Waals surface area contributed by atoms with Crippen LogP contribution in [0.15, 0.2) is 0 Å². The summed E-state index contributed by atoms with van der Waals surface area (Å²) in [4.78, 5) is 26.8. The quantitative estimate of drug-likeness (QED) is 0.811. The smallest absolute Gasteiger partial charge is 0.242 e. The standard InChI is InChI=1S/C17H31N3O2/c1-12(2)11-19-16(21)14-9-6-10-20(14)17(22)15(18)13-7-4-3-5-8-13/h12-15H,3-11,18H2,1-2H3,(H,19,21)/t14-,15+/m0/s1. The molecule has 0 aromatic rings. The lowest BCUT2D eigenvalue weighted by Gasteiger charge is -2.32. The first-order valence-electron chi connectivity index (χ1n) is 8.84. The largest absolute Gasteiger partial charge is 0.354 e. The van der Waals surface area contributed by atoms with Crippen molar-refractivity contribution in [3.63, 3.8) is 0 Å². The third-order valence-electron chi connectivity index (χ3n) is 4.97. The maximum Gasteiger partial charge on any atom is 0.242 e. The summed E-state index contributed by atoms with van der Waals surface area (Å²) < 4.78 is 0. The zero-order valence-electron chi connectivity index (χ0n) is 14.0. The summed E-state index contributed by atoms with van der Waals surface area (Å²) in [6.07, 6.45) is 7.33. The number of carbonyl (C=O) groups excluding carboxylic acids is 2. The van der Waals surface area contributed by atoms with E-state index in [9.17, 15) is 9.59 Å². The fourth-order valence-electron chi connectivity index (χ4n) is 3.61. The number of hydrogen-bond donors (Lipinski definition) is 2. The fourth-order valence-corrected chi connectivity index (χ4v) is 3.61. The molecular weight excluding hydrogens is 278 g/mol. The van der Waals surface area contributed by atoms with Gasteiger partial charge in [0.1, 0.15) is 6.04 Å². The van der Waals surface area contributed by atoms with E-state index in [1.54, 1.807) is 4.90 Å². The number of nitrogens with one attached hydrogen (secondary N) is 1. The Balaban J connectivity index is 1.93. The molecule has 0 aromatic carbocycles. The van der Waals surface area contributed by atoms with Crippen LogP contribution >= 0.6 is 0 Å². The van der Waals surface area contributed by atoms with E-state index in [4.69, 9.17) is 5.73 Å². The molecule has 3 N–H and O–H groups in total. The van der Waals surface area contributed by atoms with Crippen LogP contribution in [0.1, 0.15) is 58.8 Å². The highest BCUT2D eigenvalue weighted by atomic mass is 16.2. The van der Waals surface area contributed by atoms with Gasteiger partial charge < -0.3 is 16.0 Å². The van der Waals surface area contributed by atoms with Crippen molar-refractivity contribution in [1.82, 2.24) is 10.2 Å². The number of likely N-dealkylation sites (tertiary alicyclic amines) is 1. The molecule has 0 aromatic heterocycles. The van der Waals surface area contributed by atoms with Gasteiger partial charge in [-0.1, -0.05) is 33.1 Å². The highest BCUT2D eigenvalue weighted by Crippen LogP contribution is 2.28. The molecule has 0 unspecified atom stereocenters. The van der Waals surface area contributed by atoms with Gasteiger partial charge in [0.25, 0.3) is 0 Å². The number of amides is 2. The Hall–Kier alpha value is -1.10. The maximum atomic E-state index is 12.7. The third kappa shape index (κ3) is 4.22. The Morgan fingerprint density at radius 1 is 1.14 bits per heavy atom. The van der Waals surface area contributed by atoms with Crippen LogP contribution in [-0.2, 0) is 9.59 Å². The first-order chi connectivity index (χ1) is 10.5. The molecule has 22 heavy (non-hydrogen) atoms. The number of hydrogen-bond acceptors (Lipinski definition) is 3. The van der Waals surface area contributed by atoms with Gasteiger partial charge in [0, 0.05) is 13.1 Å². The fraction of sp³-hybridized carbons (Fsp3) is 0.882. The van der Waals surface area contributed by atoms with E-state index in [1.165, 1.54) is 19.3 Å². The summed E-state index contributed by atoms with van der Waals surface area (Å²) >= 11 is 0. The molecule has 1 saturated heterocycles. The van der Waals surface area contributed by atoms with Crippen molar-refractivity contribution < 1.29 is 9.59 Å². The van der Waals surface area contributed by atoms with Crippen molar-refractivity contribution in [3.05, 3.63) is 0 Å². The topological polar surface area (TPSA) is 75.4 Å². The van der Waals surface area contributed by atoms with Crippen LogP contribution < -0.4 is 11.1 Å². The lowest BCUT2D eigenvalue weighted by molar-refractivity contribution is -0.140. The average Bonchev–Trinajstić information content (AvgIpc) is 3.01. The molecule has 126 valence electrons. The summed E-state index contributed by atoms with van der Waals surface area (Å²) in [6.45, 7) is 5.46. The van der Waals surface area contributed by atoms with Crippen LogP contribution in [0.5, 0.6) is 0 Å². The van der Waals surface area contributed by atoms with Crippen molar-refractivity contribution in [3.8, 4) is 0 Å². The Morgan fingerprint density at radius 3 is 2.45 bits per heavy atom. The van der Waals surface area contributed by atoms with E-state index < -0.39 is 6.04 Å². The van der Waals surface area contributed by atoms with Crippen LogP contribution in [0.4, 0.5) is 0 Å². The van der Waals surface area contributed by atoms with Crippen molar-refractivity contribution in [2.24, 2.45) is 17.6 Å². The number of nitrogens with zero attached hydrogens (tertiary/aromatic N) is 1. The lowest BCUT2D eigenvalue weighted by Crippen LogP contribution is -2.53. The summed E-state index contributed by atoms with van der Waals surface area (Å²) in [6, 6.07) is -0.750. The maximum absolute atomic E-state index is 12.7. The van der Waals surface area contributed by atoms with E-state index in [0.717, 1.165) is 25.7 Å². The zero-order chi connectivity index (χ0) is 16.1. The molecule has 1 heterocycles. The molecule has 2 aliphatic rings. The van der Waals surface area contributed by atoms with E-state index in [2.05, 4.69) is 19.2 Å². The SMILES string of the molecule is CC(C)CNC(=O)[C@@H]1CCCN1C(=O)[C@H](N)C1CCCCC1. The predicted molar refractivity (Wildman–Crippen MR) is 87.1 cm³/mol. The monoisotopic (exact) mass is 309 g/mol. The number of nitrogens with two attached hydrogens (primary N) is 1. The average molecular weight is 309 g/mol. The normalized spacial score (nSPS) is 24.5. The number of carbonyl (C=O) groups is 2. The first kappa shape index (κ1) is 17.3. The van der Waals surface area contributed by atoms with Crippen molar-refractivity contribution >= 4 is 11.8 Å². The molecule has 1 aliphatic carbocycles. The Kier molecular flexibility index (Phi) is 6.24. The molecule has 5 heteroatoms. The van der Waals surface area contributed by atoms with Gasteiger partial charge in [0.2, 0.25) is 11.8 Å². The highest BCUT2D eigenvalue weighted by Gasteiger charge is 2.38. The summed E-state index contributed by atoms with van der Waals surface area (Å²) in [7, 11) is 0. The van der Waals surface area contributed by atoms with Crippen LogP contribution in [0.25, 0.3) is 0 Å². The molecule has 0 radical (unpaired) electrons. The van der Waals surface area contributed by atoms with Gasteiger partial charge in [-0.15, -0.1) is 0 Å². The van der Waals surface area contributed by atoms with Gasteiger partial charge >= 0.3 is 0 Å². The van der Waals surface area contributed by atoms with Gasteiger partial charge in [0.15, 0.2) is 0 Å². The third-order valence-corrected chi connectivity index (χ3v) is 4.97. The minimum absolute atomic E-state index is 0.0182. The Morgan fingerprint density at radius 2 is 1.82 bits per heavy atom. The Bertz CT molecular complexity index is 391. The van der Waals surface area contributed by atoms with E-state index in [1.807, 2.05) is 0 Å². The highest BCUT2D eigenvalue weighted by molar-refractivity contribution is 5.90. The second-order valence-electron chi connectivity index (χ2n) is 7.25. The molecule has 2 amide bonds. The van der Waals surface area contributed by atoms with Gasteiger partial charge in [-0.2, -0.15) is 0 Å². The van der Waals surface area contributed by atoms with Gasteiger partial charge in [0.05, 0.1) is 6.04 Å². The minimum Gasteiger partial charge on any atom is -0.354 e. The summed E-state index contributed by atoms with van der Waals surface area (Å²) in [5.74, 6) is 0.671. The zero-order valence-corrected chi connectivity index (χ0v) is 14.0. The molecule has 2 atom stereocenters. The minimum atomic E-state index is -0.432. The summed E-state index contributed by atoms with van der Waals surface area (Å²) in [5, 5.41) is 2.95. The molecule has 1 saturated carbocycles. The summed E-state index contributed by atoms with van der Waals surface area (Å²) in [5.41, 5.74) is 6.23. The van der Waals surface area contributed by atoms with Crippen LogP contribution in [0.2, 0.25) is 0 Å². The van der Waals surface area contributed by atoms with Gasteiger partial charge in [-0.25, -0.2) is 0 Å². The van der Waals surface area contributed by atoms with Crippen molar-refractivity contribution in [2.75, 3.05) is 13.1 Å². The first-order valence-corrected chi connectivity index (χ1v) is 8.84. The van der Waals surface area contributed by atoms with Crippen molar-refractivity contribution in [1.29, 1.82) is 0 Å². The van der Waals surface area contributed by atoms with E-state index >= 15 is 0 Å². The van der Waals surface area contributed by atoms with Gasteiger partial charge in [-0.3, -0.25) is 9.59 Å². The van der Waals surface area contributed by atoms with E-state index in [0.29, 0.717) is 24.9 Å². The second-order valence-corrected chi connectivity index (χ2v) is 7.25. The number of rotatable bonds is 5. The molecule has 0 spiro atoms. The molecule has 2 rings (SSSR count). The van der Waals surface area contributed by atoms with Crippen LogP contribution in [-0.4, -0.2) is 41.9 Å². The molecule has 2 fully saturated rings. The van der Waals surface area contributed by atoms with Crippen molar-refractivity contribution in [2.45, 2.75) is 70.9 Å². The molecule has 0 bridgehead atoms. The van der Waals surface area contributed by atoms with Crippen LogP contribution in [0.3, 0.4) is 0 Å². The van der Waals surface area contributed by atoms with E-state index in [-0.39, 0.29) is 17.9 Å². The molecular formula is C17H31N3O2. The lowest BCUT2D eigenvalue weighted by atomic mass is 9.83. The Labute approximate surface area is 134 Å². The molecule has 5 nitrogen and oxygen atoms in total. The van der Waals surface area contributed by atoms with Crippen LogP contribution in [0, 0.1) is 11.8 Å². The molecule has 1 aliphatic heterocycles. The predicted octanol–water partition coefficient (Wildman–Crippen LogP) is 1.66.